The van der Waals surface area contributed by atoms with E-state index in [0.29, 0.717) is 55.5 Å². The Balaban J connectivity index is 0.934. The number of hydrogen-bond acceptors (Lipinski definition) is 8. The van der Waals surface area contributed by atoms with E-state index in [4.69, 9.17) is 9.05 Å². The van der Waals surface area contributed by atoms with Crippen molar-refractivity contribution in [3.8, 4) is 56.8 Å². The maximum atomic E-state index is 15.3. The van der Waals surface area contributed by atoms with Crippen LogP contribution in [0.5, 0.6) is 34.5 Å². The van der Waals surface area contributed by atoms with E-state index >= 15 is 9.13 Å². The minimum absolute atomic E-state index is 0.0415. The van der Waals surface area contributed by atoms with E-state index in [-0.39, 0.29) is 35.8 Å². The molecule has 2 heterocycles. The van der Waals surface area contributed by atoms with Crippen molar-refractivity contribution in [2.24, 2.45) is 0 Å². The van der Waals surface area contributed by atoms with Gasteiger partial charge in [0.05, 0.1) is 20.9 Å². The standard InChI is InChI=1S/C59H54O8P2/c1-57(2,41-23-27-49(60)37(33-41)31-39-35-43(25-29-51(39)62)58(3,4)68(64)55-21-13-9-17-47(55)45-15-7-11-19-53(45)66-68)42-24-28-50(61)38(34-42)32-40-36-44(26-30-52(40)63)59(5,6)69(65)56-22-14-10-18-48(56)46-16-8-12-20-54(46)67-69/h7-30,33-36,60-63H,31-32H2,1-6H3. The predicted octanol–water partition coefficient (Wildman–Crippen LogP) is 13.8. The molecule has 2 unspecified atom stereocenters. The lowest BCUT2D eigenvalue weighted by Gasteiger charge is -2.39. The molecule has 69 heavy (non-hydrogen) atoms. The Morgan fingerprint density at radius 3 is 1.03 bits per heavy atom. The summed E-state index contributed by atoms with van der Waals surface area (Å²) in [6.07, 6.45) is 0.359. The van der Waals surface area contributed by atoms with Gasteiger partial charge in [0.2, 0.25) is 0 Å². The van der Waals surface area contributed by atoms with Gasteiger partial charge in [-0.3, -0.25) is 9.13 Å². The van der Waals surface area contributed by atoms with Crippen molar-refractivity contribution in [3.05, 3.63) is 214 Å². The summed E-state index contributed by atoms with van der Waals surface area (Å²) >= 11 is 0. The smallest absolute Gasteiger partial charge is 0.287 e. The molecule has 10 heteroatoms. The van der Waals surface area contributed by atoms with Crippen LogP contribution in [0.1, 0.15) is 86.1 Å². The minimum Gasteiger partial charge on any atom is -0.508 e. The summed E-state index contributed by atoms with van der Waals surface area (Å²) in [7, 11) is -7.21. The van der Waals surface area contributed by atoms with Gasteiger partial charge in [-0.2, -0.15) is 0 Å². The number of phenols is 4. The molecule has 0 aromatic heterocycles. The first-order valence-electron chi connectivity index (χ1n) is 23.1. The Morgan fingerprint density at radius 1 is 0.377 bits per heavy atom. The molecule has 0 radical (unpaired) electrons. The van der Waals surface area contributed by atoms with Crippen LogP contribution in [-0.4, -0.2) is 20.4 Å². The third kappa shape index (κ3) is 7.44. The Morgan fingerprint density at radius 2 is 0.667 bits per heavy atom. The Hall–Kier alpha value is -6.98. The molecule has 348 valence electrons. The second kappa shape index (κ2) is 16.6. The quantitative estimate of drug-likeness (QED) is 0.0996. The van der Waals surface area contributed by atoms with Gasteiger partial charge in [0, 0.05) is 29.4 Å². The average Bonchev–Trinajstić information content (AvgIpc) is 3.34. The summed E-state index contributed by atoms with van der Waals surface area (Å²) in [5.74, 6) is 1.33. The highest BCUT2D eigenvalue weighted by molar-refractivity contribution is 7.69. The fourth-order valence-electron chi connectivity index (χ4n) is 10.0. The predicted molar refractivity (Wildman–Crippen MR) is 276 cm³/mol. The molecule has 0 bridgehead atoms. The van der Waals surface area contributed by atoms with Crippen LogP contribution >= 0.6 is 14.7 Å². The molecule has 0 fully saturated rings. The number of aromatic hydroxyl groups is 4. The van der Waals surface area contributed by atoms with Gasteiger partial charge in [-0.25, -0.2) is 0 Å². The van der Waals surface area contributed by atoms with Crippen LogP contribution in [0, 0.1) is 0 Å². The molecule has 0 amide bonds. The van der Waals surface area contributed by atoms with E-state index in [9.17, 15) is 20.4 Å². The van der Waals surface area contributed by atoms with Crippen LogP contribution in [-0.2, 0) is 37.7 Å². The van der Waals surface area contributed by atoms with Crippen LogP contribution in [0.15, 0.2) is 170 Å². The normalized spacial score (nSPS) is 17.4. The Labute approximate surface area is 403 Å². The molecule has 2 aliphatic rings. The van der Waals surface area contributed by atoms with E-state index in [0.717, 1.165) is 33.4 Å². The third-order valence-corrected chi connectivity index (χ3v) is 21.1. The number of phenolic OH excluding ortho intramolecular Hbond substituents is 4. The maximum Gasteiger partial charge on any atom is 0.287 e. The first kappa shape index (κ1) is 45.8. The van der Waals surface area contributed by atoms with E-state index in [1.165, 1.54) is 0 Å². The van der Waals surface area contributed by atoms with Crippen LogP contribution in [0.3, 0.4) is 0 Å². The molecule has 0 saturated heterocycles. The summed E-state index contributed by atoms with van der Waals surface area (Å²) in [5, 5.41) is 44.5. The van der Waals surface area contributed by atoms with E-state index in [2.05, 4.69) is 13.8 Å². The van der Waals surface area contributed by atoms with E-state index < -0.39 is 30.5 Å². The van der Waals surface area contributed by atoms with Crippen LogP contribution < -0.4 is 19.7 Å². The molecule has 4 N–H and O–H groups in total. The molecule has 2 atom stereocenters. The van der Waals surface area contributed by atoms with Gasteiger partial charge >= 0.3 is 0 Å². The van der Waals surface area contributed by atoms with Gasteiger partial charge in [-0.15, -0.1) is 0 Å². The van der Waals surface area contributed by atoms with Gasteiger partial charge in [-0.1, -0.05) is 135 Å². The van der Waals surface area contributed by atoms with Crippen molar-refractivity contribution in [1.82, 2.24) is 0 Å². The van der Waals surface area contributed by atoms with Crippen molar-refractivity contribution in [2.75, 3.05) is 0 Å². The summed E-state index contributed by atoms with van der Waals surface area (Å²) in [4.78, 5) is 0. The van der Waals surface area contributed by atoms with Crippen molar-refractivity contribution < 1.29 is 38.6 Å². The zero-order valence-electron chi connectivity index (χ0n) is 39.4. The molecule has 8 aromatic rings. The Bertz CT molecular complexity index is 3230. The lowest BCUT2D eigenvalue weighted by molar-refractivity contribution is 0.452. The monoisotopic (exact) mass is 952 g/mol. The second-order valence-corrected chi connectivity index (χ2v) is 25.6. The molecule has 8 nitrogen and oxygen atoms in total. The highest BCUT2D eigenvalue weighted by atomic mass is 31.2. The first-order chi connectivity index (χ1) is 32.8. The lowest BCUT2D eigenvalue weighted by atomic mass is 9.76. The zero-order chi connectivity index (χ0) is 48.7. The lowest BCUT2D eigenvalue weighted by Crippen LogP contribution is -2.31. The summed E-state index contributed by atoms with van der Waals surface area (Å²) in [5.41, 5.74) is 8.32. The van der Waals surface area contributed by atoms with Gasteiger partial charge in [0.15, 0.2) is 0 Å². The molecule has 0 aliphatic carbocycles. The number of fused-ring (bicyclic) bond motifs is 6. The van der Waals surface area contributed by atoms with Gasteiger partial charge in [0.1, 0.15) is 34.5 Å². The topological polar surface area (TPSA) is 134 Å². The summed E-state index contributed by atoms with van der Waals surface area (Å²) in [6.45, 7) is 11.8. The molecular formula is C59H54O8P2. The molecule has 2 aliphatic heterocycles. The number of benzene rings is 8. The maximum absolute atomic E-state index is 15.3. The average molecular weight is 953 g/mol. The van der Waals surface area contributed by atoms with Crippen LogP contribution in [0.4, 0.5) is 0 Å². The van der Waals surface area contributed by atoms with Crippen LogP contribution in [0.2, 0.25) is 0 Å². The van der Waals surface area contributed by atoms with Gasteiger partial charge < -0.3 is 29.5 Å². The van der Waals surface area contributed by atoms with Gasteiger partial charge in [-0.05, 0) is 132 Å². The number of rotatable bonds is 10. The summed E-state index contributed by atoms with van der Waals surface area (Å²) < 4.78 is 43.7. The van der Waals surface area contributed by atoms with Crippen molar-refractivity contribution in [1.29, 1.82) is 0 Å². The number of hydrogen-bond donors (Lipinski definition) is 4. The molecule has 10 rings (SSSR count). The highest BCUT2D eigenvalue weighted by Crippen LogP contribution is 2.68. The minimum atomic E-state index is -3.60. The van der Waals surface area contributed by atoms with Crippen molar-refractivity contribution in [2.45, 2.75) is 70.1 Å². The Kier molecular flexibility index (Phi) is 11.0. The molecule has 0 spiro atoms. The van der Waals surface area contributed by atoms with Crippen LogP contribution in [0.25, 0.3) is 22.3 Å². The zero-order valence-corrected chi connectivity index (χ0v) is 41.2. The fourth-order valence-corrected chi connectivity index (χ4v) is 15.3. The first-order valence-corrected chi connectivity index (χ1v) is 26.4. The SMILES string of the molecule is CC(C)(c1ccc(O)c(Cc2cc(C(C)(C)P3(=O)Oc4ccccc4-c4ccccc43)ccc2O)c1)c1ccc(O)c(Cc2cc(C(C)(C)P3(=O)Oc4ccccc4-c4ccccc43)ccc2O)c1. The van der Waals surface area contributed by atoms with Crippen molar-refractivity contribution in [3.63, 3.8) is 0 Å². The van der Waals surface area contributed by atoms with E-state index in [1.807, 2.05) is 161 Å². The number of para-hydroxylation sites is 2. The molecular weight excluding hydrogens is 899 g/mol. The largest absolute Gasteiger partial charge is 0.508 e. The highest BCUT2D eigenvalue weighted by Gasteiger charge is 2.51. The second-order valence-electron chi connectivity index (χ2n) is 19.8. The van der Waals surface area contributed by atoms with Gasteiger partial charge in [0.25, 0.3) is 14.7 Å². The van der Waals surface area contributed by atoms with Crippen molar-refractivity contribution >= 4 is 25.3 Å². The third-order valence-electron chi connectivity index (χ3n) is 14.7. The molecule has 0 saturated carbocycles. The van der Waals surface area contributed by atoms with E-state index in [1.54, 1.807) is 36.4 Å². The fraction of sp³-hybridized carbons (Fsp3) is 0.186. The summed E-state index contributed by atoms with van der Waals surface area (Å²) in [6, 6.07) is 52.0. The molecule has 8 aromatic carbocycles.